The van der Waals surface area contributed by atoms with E-state index in [1.807, 2.05) is 12.1 Å². The van der Waals surface area contributed by atoms with Crippen LogP contribution in [0.3, 0.4) is 0 Å². The number of hydrogen-bond acceptors (Lipinski definition) is 4. The maximum Gasteiger partial charge on any atom is 0.161 e. The van der Waals surface area contributed by atoms with Crippen molar-refractivity contribution >= 4 is 17.2 Å². The highest BCUT2D eigenvalue weighted by Crippen LogP contribution is 2.23. The van der Waals surface area contributed by atoms with Crippen molar-refractivity contribution in [1.82, 2.24) is 0 Å². The summed E-state index contributed by atoms with van der Waals surface area (Å²) in [4.78, 5) is 13.7. The van der Waals surface area contributed by atoms with Gasteiger partial charge in [-0.1, -0.05) is 0 Å². The Labute approximate surface area is 109 Å². The zero-order valence-electron chi connectivity index (χ0n) is 11.6. The highest BCUT2D eigenvalue weighted by Gasteiger charge is 2.13. The molecule has 0 aliphatic carbocycles. The minimum atomic E-state index is -0.00945. The molecule has 1 aromatic rings. The van der Waals surface area contributed by atoms with Crippen molar-refractivity contribution in [3.63, 3.8) is 0 Å². The van der Waals surface area contributed by atoms with Gasteiger partial charge in [-0.05, 0) is 39.0 Å². The normalized spacial score (nSPS) is 10.7. The van der Waals surface area contributed by atoms with Crippen molar-refractivity contribution in [2.75, 3.05) is 30.9 Å². The van der Waals surface area contributed by atoms with Crippen LogP contribution in [0.5, 0.6) is 0 Å². The van der Waals surface area contributed by atoms with Crippen molar-refractivity contribution < 1.29 is 9.53 Å². The largest absolute Gasteiger partial charge is 0.398 e. The van der Waals surface area contributed by atoms with Gasteiger partial charge in [0.2, 0.25) is 0 Å². The lowest BCUT2D eigenvalue weighted by molar-refractivity contribution is 0.101. The molecule has 4 heteroatoms. The SMILES string of the molecule is COCCN(c1ccc(N)c(C(C)=O)c1)C(C)C. The molecule has 0 heterocycles. The monoisotopic (exact) mass is 250 g/mol. The van der Waals surface area contributed by atoms with E-state index >= 15 is 0 Å². The maximum absolute atomic E-state index is 11.5. The average molecular weight is 250 g/mol. The Balaban J connectivity index is 3.05. The third-order valence-electron chi connectivity index (χ3n) is 2.91. The van der Waals surface area contributed by atoms with Gasteiger partial charge in [-0.25, -0.2) is 0 Å². The Morgan fingerprint density at radius 1 is 1.44 bits per heavy atom. The number of rotatable bonds is 6. The molecular formula is C14H22N2O2. The van der Waals surface area contributed by atoms with E-state index in [4.69, 9.17) is 10.5 Å². The molecule has 0 aromatic heterocycles. The molecule has 2 N–H and O–H groups in total. The molecule has 0 atom stereocenters. The third kappa shape index (κ3) is 3.47. The van der Waals surface area contributed by atoms with Crippen molar-refractivity contribution in [1.29, 1.82) is 0 Å². The van der Waals surface area contributed by atoms with Crippen molar-refractivity contribution in [3.8, 4) is 0 Å². The predicted octanol–water partition coefficient (Wildman–Crippen LogP) is 2.33. The van der Waals surface area contributed by atoms with Crippen molar-refractivity contribution in [2.45, 2.75) is 26.8 Å². The van der Waals surface area contributed by atoms with Crippen LogP contribution in [0.25, 0.3) is 0 Å². The predicted molar refractivity (Wildman–Crippen MR) is 75.2 cm³/mol. The second-order valence-electron chi connectivity index (χ2n) is 4.61. The quantitative estimate of drug-likeness (QED) is 0.622. The first-order chi connectivity index (χ1) is 8.47. The molecule has 0 saturated carbocycles. The highest BCUT2D eigenvalue weighted by molar-refractivity contribution is 6.00. The summed E-state index contributed by atoms with van der Waals surface area (Å²) in [5.41, 5.74) is 7.91. The van der Waals surface area contributed by atoms with Gasteiger partial charge < -0.3 is 15.4 Å². The summed E-state index contributed by atoms with van der Waals surface area (Å²) in [6.45, 7) is 7.19. The molecule has 100 valence electrons. The summed E-state index contributed by atoms with van der Waals surface area (Å²) >= 11 is 0. The van der Waals surface area contributed by atoms with Gasteiger partial charge in [0, 0.05) is 36.6 Å². The van der Waals surface area contributed by atoms with Crippen LogP contribution in [0.2, 0.25) is 0 Å². The number of ketones is 1. The van der Waals surface area contributed by atoms with Crippen LogP contribution in [0.4, 0.5) is 11.4 Å². The number of nitrogens with zero attached hydrogens (tertiary/aromatic N) is 1. The minimum Gasteiger partial charge on any atom is -0.398 e. The number of nitrogens with two attached hydrogens (primary N) is 1. The fourth-order valence-corrected chi connectivity index (χ4v) is 1.90. The molecule has 4 nitrogen and oxygen atoms in total. The fourth-order valence-electron chi connectivity index (χ4n) is 1.90. The first-order valence-electron chi connectivity index (χ1n) is 6.13. The van der Waals surface area contributed by atoms with Crippen LogP contribution in [-0.4, -0.2) is 32.1 Å². The molecule has 0 aliphatic rings. The Morgan fingerprint density at radius 3 is 2.61 bits per heavy atom. The number of carbonyl (C=O) groups is 1. The molecule has 0 fully saturated rings. The number of carbonyl (C=O) groups excluding carboxylic acids is 1. The van der Waals surface area contributed by atoms with E-state index in [9.17, 15) is 4.79 Å². The van der Waals surface area contributed by atoms with Crippen molar-refractivity contribution in [2.24, 2.45) is 0 Å². The number of hydrogen-bond donors (Lipinski definition) is 1. The first-order valence-corrected chi connectivity index (χ1v) is 6.13. The smallest absolute Gasteiger partial charge is 0.161 e. The third-order valence-corrected chi connectivity index (χ3v) is 2.91. The van der Waals surface area contributed by atoms with Gasteiger partial charge >= 0.3 is 0 Å². The topological polar surface area (TPSA) is 55.6 Å². The van der Waals surface area contributed by atoms with Crippen LogP contribution in [0.15, 0.2) is 18.2 Å². The lowest BCUT2D eigenvalue weighted by Crippen LogP contribution is -2.33. The summed E-state index contributed by atoms with van der Waals surface area (Å²) < 4.78 is 5.11. The van der Waals surface area contributed by atoms with E-state index in [1.54, 1.807) is 13.2 Å². The highest BCUT2D eigenvalue weighted by atomic mass is 16.5. The number of Topliss-reactive ketones (excluding diaryl/α,β-unsaturated/α-hetero) is 1. The van der Waals surface area contributed by atoms with E-state index in [2.05, 4.69) is 18.7 Å². The number of anilines is 2. The second kappa shape index (κ2) is 6.40. The molecular weight excluding hydrogens is 228 g/mol. The lowest BCUT2D eigenvalue weighted by atomic mass is 10.1. The fraction of sp³-hybridized carbons (Fsp3) is 0.500. The average Bonchev–Trinajstić information content (AvgIpc) is 2.30. The standard InChI is InChI=1S/C14H22N2O2/c1-10(2)16(7-8-18-4)12-5-6-14(15)13(9-12)11(3)17/h5-6,9-10H,7-8,15H2,1-4H3. The molecule has 1 rings (SSSR count). The van der Waals surface area contributed by atoms with Gasteiger partial charge in [0.15, 0.2) is 5.78 Å². The van der Waals surface area contributed by atoms with Gasteiger partial charge in [-0.15, -0.1) is 0 Å². The zero-order chi connectivity index (χ0) is 13.7. The maximum atomic E-state index is 11.5. The zero-order valence-corrected chi connectivity index (χ0v) is 11.6. The Bertz CT molecular complexity index is 416. The van der Waals surface area contributed by atoms with Crippen LogP contribution in [-0.2, 0) is 4.74 Å². The van der Waals surface area contributed by atoms with E-state index in [1.165, 1.54) is 6.92 Å². The molecule has 0 saturated heterocycles. The van der Waals surface area contributed by atoms with Crippen LogP contribution >= 0.6 is 0 Å². The molecule has 1 aromatic carbocycles. The van der Waals surface area contributed by atoms with Gasteiger partial charge in [-0.2, -0.15) is 0 Å². The Hall–Kier alpha value is -1.55. The summed E-state index contributed by atoms with van der Waals surface area (Å²) in [6.07, 6.45) is 0. The number of nitrogen functional groups attached to an aromatic ring is 1. The van der Waals surface area contributed by atoms with Crippen molar-refractivity contribution in [3.05, 3.63) is 23.8 Å². The Morgan fingerprint density at radius 2 is 2.11 bits per heavy atom. The molecule has 18 heavy (non-hydrogen) atoms. The van der Waals surface area contributed by atoms with E-state index in [0.717, 1.165) is 12.2 Å². The van der Waals surface area contributed by atoms with Gasteiger partial charge in [-0.3, -0.25) is 4.79 Å². The van der Waals surface area contributed by atoms with E-state index in [-0.39, 0.29) is 5.78 Å². The van der Waals surface area contributed by atoms with Gasteiger partial charge in [0.25, 0.3) is 0 Å². The van der Waals surface area contributed by atoms with E-state index < -0.39 is 0 Å². The summed E-state index contributed by atoms with van der Waals surface area (Å²) in [6, 6.07) is 5.92. The molecule has 0 bridgehead atoms. The Kier molecular flexibility index (Phi) is 5.16. The van der Waals surface area contributed by atoms with Gasteiger partial charge in [0.05, 0.1) is 6.61 Å². The summed E-state index contributed by atoms with van der Waals surface area (Å²) in [7, 11) is 1.68. The number of ether oxygens (including phenoxy) is 1. The molecule has 0 amide bonds. The van der Waals surface area contributed by atoms with Crippen LogP contribution in [0, 0.1) is 0 Å². The summed E-state index contributed by atoms with van der Waals surface area (Å²) in [5.74, 6) is -0.00945. The number of benzene rings is 1. The number of methoxy groups -OCH3 is 1. The molecule has 0 spiro atoms. The van der Waals surface area contributed by atoms with Gasteiger partial charge in [0.1, 0.15) is 0 Å². The molecule has 0 unspecified atom stereocenters. The second-order valence-corrected chi connectivity index (χ2v) is 4.61. The summed E-state index contributed by atoms with van der Waals surface area (Å²) in [5, 5.41) is 0. The first kappa shape index (κ1) is 14.5. The van der Waals surface area contributed by atoms with Crippen LogP contribution < -0.4 is 10.6 Å². The lowest BCUT2D eigenvalue weighted by Gasteiger charge is -2.29. The van der Waals surface area contributed by atoms with E-state index in [0.29, 0.717) is 23.9 Å². The minimum absolute atomic E-state index is 0.00945. The van der Waals surface area contributed by atoms with Crippen LogP contribution in [0.1, 0.15) is 31.1 Å². The molecule has 0 aliphatic heterocycles. The molecule has 0 radical (unpaired) electrons.